The van der Waals surface area contributed by atoms with Gasteiger partial charge in [-0.1, -0.05) is 18.7 Å². The van der Waals surface area contributed by atoms with Gasteiger partial charge in [0.15, 0.2) is 0 Å². The summed E-state index contributed by atoms with van der Waals surface area (Å²) in [7, 11) is 0. The normalized spacial score (nSPS) is 7.36. The molecule has 0 N–H and O–H groups in total. The summed E-state index contributed by atoms with van der Waals surface area (Å²) in [5.74, 6) is 0. The zero-order valence-corrected chi connectivity index (χ0v) is 6.83. The van der Waals surface area contributed by atoms with Gasteiger partial charge in [0, 0.05) is 12.4 Å². The van der Waals surface area contributed by atoms with Crippen LogP contribution in [0, 0.1) is 0 Å². The smallest absolute Gasteiger partial charge is 0.0273 e. The van der Waals surface area contributed by atoms with E-state index in [1.807, 2.05) is 19.1 Å². The summed E-state index contributed by atoms with van der Waals surface area (Å²) in [4.78, 5) is 3.85. The van der Waals surface area contributed by atoms with E-state index in [9.17, 15) is 0 Å². The fraction of sp³-hybridized carbons (Fsp3) is 0.100. The van der Waals surface area contributed by atoms with Gasteiger partial charge in [0.2, 0.25) is 0 Å². The minimum absolute atomic E-state index is 1.11. The first-order valence-electron chi connectivity index (χ1n) is 3.44. The number of aromatic nitrogens is 1. The van der Waals surface area contributed by atoms with Gasteiger partial charge in [-0.15, -0.1) is 6.58 Å². The van der Waals surface area contributed by atoms with Gasteiger partial charge >= 0.3 is 0 Å². The highest BCUT2D eigenvalue weighted by Crippen LogP contribution is 1.94. The second kappa shape index (κ2) is 6.75. The maximum Gasteiger partial charge on any atom is 0.0273 e. The van der Waals surface area contributed by atoms with Crippen molar-refractivity contribution in [2.75, 3.05) is 0 Å². The highest BCUT2D eigenvalue weighted by atomic mass is 14.6. The summed E-state index contributed by atoms with van der Waals surface area (Å²) in [5, 5.41) is 0. The number of pyridine rings is 1. The molecule has 1 heteroatoms. The number of hydrogen-bond donors (Lipinski definition) is 0. The number of hydrogen-bond acceptors (Lipinski definition) is 1. The first-order chi connectivity index (χ1) is 5.35. The molecule has 0 saturated heterocycles. The predicted molar refractivity (Wildman–Crippen MR) is 50.2 cm³/mol. The Kier molecular flexibility index (Phi) is 5.91. The van der Waals surface area contributed by atoms with Crippen molar-refractivity contribution < 1.29 is 0 Å². The van der Waals surface area contributed by atoms with Crippen LogP contribution in [0.4, 0.5) is 0 Å². The van der Waals surface area contributed by atoms with Crippen LogP contribution in [0.3, 0.4) is 0 Å². The SMILES string of the molecule is C=CC.C=Cc1ccncc1. The molecule has 0 aliphatic heterocycles. The fourth-order valence-electron chi connectivity index (χ4n) is 0.500. The lowest BCUT2D eigenvalue weighted by Crippen LogP contribution is -1.69. The first-order valence-corrected chi connectivity index (χ1v) is 3.44. The minimum Gasteiger partial charge on any atom is -0.265 e. The Morgan fingerprint density at radius 3 is 2.00 bits per heavy atom. The molecule has 0 aliphatic rings. The predicted octanol–water partition coefficient (Wildman–Crippen LogP) is 2.92. The molecule has 0 aromatic carbocycles. The summed E-state index contributed by atoms with van der Waals surface area (Å²) in [6.45, 7) is 8.85. The molecule has 1 nitrogen and oxygen atoms in total. The van der Waals surface area contributed by atoms with Crippen LogP contribution in [0.5, 0.6) is 0 Å². The Balaban J connectivity index is 0.000000292. The van der Waals surface area contributed by atoms with E-state index in [0.29, 0.717) is 0 Å². The van der Waals surface area contributed by atoms with E-state index >= 15 is 0 Å². The second-order valence-electron chi connectivity index (χ2n) is 1.89. The molecule has 0 fully saturated rings. The first kappa shape index (κ1) is 9.63. The lowest BCUT2D eigenvalue weighted by molar-refractivity contribution is 1.32. The molecule has 0 saturated carbocycles. The molecule has 0 spiro atoms. The molecular formula is C10H13N. The molecular weight excluding hydrogens is 134 g/mol. The Morgan fingerprint density at radius 1 is 1.27 bits per heavy atom. The highest BCUT2D eigenvalue weighted by Gasteiger charge is 1.76. The summed E-state index contributed by atoms with van der Waals surface area (Å²) in [5.41, 5.74) is 1.11. The average Bonchev–Trinajstić information content (AvgIpc) is 2.08. The van der Waals surface area contributed by atoms with E-state index in [-0.39, 0.29) is 0 Å². The third-order valence-electron chi connectivity index (χ3n) is 0.942. The van der Waals surface area contributed by atoms with Crippen molar-refractivity contribution in [3.8, 4) is 0 Å². The van der Waals surface area contributed by atoms with Crippen molar-refractivity contribution in [3.05, 3.63) is 49.3 Å². The molecule has 0 amide bonds. The van der Waals surface area contributed by atoms with Gasteiger partial charge in [0.05, 0.1) is 0 Å². The van der Waals surface area contributed by atoms with E-state index in [2.05, 4.69) is 18.1 Å². The molecule has 58 valence electrons. The van der Waals surface area contributed by atoms with Gasteiger partial charge < -0.3 is 0 Å². The molecule has 1 heterocycles. The fourth-order valence-corrected chi connectivity index (χ4v) is 0.500. The van der Waals surface area contributed by atoms with E-state index in [1.54, 1.807) is 24.5 Å². The molecule has 0 atom stereocenters. The molecule has 1 rings (SSSR count). The van der Waals surface area contributed by atoms with Crippen molar-refractivity contribution in [1.29, 1.82) is 0 Å². The van der Waals surface area contributed by atoms with E-state index in [1.165, 1.54) is 0 Å². The standard InChI is InChI=1S/C7H7N.C3H6/c1-2-7-3-5-8-6-4-7;1-3-2/h2-6H,1H2;3H,1H2,2H3. The Hall–Kier alpha value is -1.37. The zero-order valence-electron chi connectivity index (χ0n) is 6.83. The third-order valence-corrected chi connectivity index (χ3v) is 0.942. The number of nitrogens with zero attached hydrogens (tertiary/aromatic N) is 1. The molecule has 1 aromatic rings. The molecule has 0 bridgehead atoms. The van der Waals surface area contributed by atoms with Crippen LogP contribution in [-0.2, 0) is 0 Å². The van der Waals surface area contributed by atoms with Crippen LogP contribution >= 0.6 is 0 Å². The Bertz CT molecular complexity index is 201. The quantitative estimate of drug-likeness (QED) is 0.556. The second-order valence-corrected chi connectivity index (χ2v) is 1.89. The average molecular weight is 147 g/mol. The Labute approximate surface area is 68.1 Å². The van der Waals surface area contributed by atoms with Crippen molar-refractivity contribution in [3.63, 3.8) is 0 Å². The maximum absolute atomic E-state index is 3.85. The van der Waals surface area contributed by atoms with Crippen LogP contribution in [0.25, 0.3) is 6.08 Å². The number of allylic oxidation sites excluding steroid dienone is 1. The van der Waals surface area contributed by atoms with Gasteiger partial charge in [0.1, 0.15) is 0 Å². The lowest BCUT2D eigenvalue weighted by Gasteiger charge is -1.84. The van der Waals surface area contributed by atoms with Crippen molar-refractivity contribution >= 4 is 6.08 Å². The topological polar surface area (TPSA) is 12.9 Å². The minimum atomic E-state index is 1.11. The maximum atomic E-state index is 3.85. The molecule has 0 aliphatic carbocycles. The Morgan fingerprint density at radius 2 is 1.73 bits per heavy atom. The van der Waals surface area contributed by atoms with Crippen molar-refractivity contribution in [1.82, 2.24) is 4.98 Å². The van der Waals surface area contributed by atoms with Crippen molar-refractivity contribution in [2.24, 2.45) is 0 Å². The van der Waals surface area contributed by atoms with Gasteiger partial charge in [-0.05, 0) is 24.6 Å². The summed E-state index contributed by atoms with van der Waals surface area (Å²) >= 11 is 0. The van der Waals surface area contributed by atoms with Crippen molar-refractivity contribution in [2.45, 2.75) is 6.92 Å². The van der Waals surface area contributed by atoms with Crippen LogP contribution < -0.4 is 0 Å². The van der Waals surface area contributed by atoms with Crippen LogP contribution in [-0.4, -0.2) is 4.98 Å². The summed E-state index contributed by atoms with van der Waals surface area (Å²) < 4.78 is 0. The van der Waals surface area contributed by atoms with E-state index in [4.69, 9.17) is 0 Å². The third kappa shape index (κ3) is 5.09. The van der Waals surface area contributed by atoms with Crippen LogP contribution in [0.2, 0.25) is 0 Å². The summed E-state index contributed by atoms with van der Waals surface area (Å²) in [6.07, 6.45) is 7.04. The number of rotatable bonds is 1. The zero-order chi connectivity index (χ0) is 8.53. The van der Waals surface area contributed by atoms with Gasteiger partial charge in [0.25, 0.3) is 0 Å². The lowest BCUT2D eigenvalue weighted by atomic mass is 10.3. The van der Waals surface area contributed by atoms with Gasteiger partial charge in [-0.25, -0.2) is 0 Å². The highest BCUT2D eigenvalue weighted by molar-refractivity contribution is 5.44. The molecule has 0 unspecified atom stereocenters. The van der Waals surface area contributed by atoms with E-state index in [0.717, 1.165) is 5.56 Å². The van der Waals surface area contributed by atoms with Gasteiger partial charge in [-0.3, -0.25) is 4.98 Å². The molecule has 1 aromatic heterocycles. The van der Waals surface area contributed by atoms with Crippen LogP contribution in [0.15, 0.2) is 43.8 Å². The largest absolute Gasteiger partial charge is 0.265 e. The van der Waals surface area contributed by atoms with Crippen LogP contribution in [0.1, 0.15) is 12.5 Å². The monoisotopic (exact) mass is 147 g/mol. The van der Waals surface area contributed by atoms with Gasteiger partial charge in [-0.2, -0.15) is 0 Å². The molecule has 11 heavy (non-hydrogen) atoms. The van der Waals surface area contributed by atoms with E-state index < -0.39 is 0 Å². The molecule has 0 radical (unpaired) electrons. The summed E-state index contributed by atoms with van der Waals surface area (Å²) in [6, 6.07) is 3.82.